The Morgan fingerprint density at radius 2 is 2.67 bits per heavy atom. The highest BCUT2D eigenvalue weighted by Crippen LogP contribution is 2.23. The van der Waals surface area contributed by atoms with E-state index in [0.717, 1.165) is 31.6 Å². The predicted octanol–water partition coefficient (Wildman–Crippen LogP) is 0.355. The summed E-state index contributed by atoms with van der Waals surface area (Å²) < 4.78 is 0. The van der Waals surface area contributed by atoms with E-state index < -0.39 is 0 Å². The molecule has 1 atom stereocenters. The van der Waals surface area contributed by atoms with Gasteiger partial charge in [0.05, 0.1) is 0 Å². The fourth-order valence-electron chi connectivity index (χ4n) is 1.63. The van der Waals surface area contributed by atoms with Crippen molar-refractivity contribution in [2.45, 2.75) is 12.3 Å². The summed E-state index contributed by atoms with van der Waals surface area (Å²) in [4.78, 5) is 12.2. The number of nitrogens with one attached hydrogen (secondary N) is 1. The number of hydrogen-bond donors (Lipinski definition) is 1. The molecule has 2 rings (SSSR count). The Kier molecular flexibility index (Phi) is 1.81. The van der Waals surface area contributed by atoms with Gasteiger partial charge in [-0.3, -0.25) is 9.89 Å². The number of likely N-dealkylation sites (tertiary alicyclic amines) is 1. The number of H-pyrrole nitrogens is 1. The van der Waals surface area contributed by atoms with E-state index in [9.17, 15) is 4.79 Å². The van der Waals surface area contributed by atoms with Crippen molar-refractivity contribution >= 4 is 6.41 Å². The van der Waals surface area contributed by atoms with Gasteiger partial charge in [0.15, 0.2) is 0 Å². The molecule has 1 aliphatic rings. The van der Waals surface area contributed by atoms with Crippen LogP contribution in [0.2, 0.25) is 0 Å². The molecule has 1 saturated heterocycles. The molecule has 0 spiro atoms. The first-order valence-corrected chi connectivity index (χ1v) is 4.09. The number of aromatic amines is 1. The quantitative estimate of drug-likeness (QED) is 0.643. The van der Waals surface area contributed by atoms with Crippen LogP contribution in [0.4, 0.5) is 0 Å². The molecule has 1 aromatic heterocycles. The van der Waals surface area contributed by atoms with Crippen LogP contribution >= 0.6 is 0 Å². The van der Waals surface area contributed by atoms with Crippen molar-refractivity contribution in [3.8, 4) is 0 Å². The van der Waals surface area contributed by atoms with E-state index in [1.54, 1.807) is 11.1 Å². The van der Waals surface area contributed by atoms with Crippen LogP contribution in [0, 0.1) is 0 Å². The summed E-state index contributed by atoms with van der Waals surface area (Å²) in [6.45, 7) is 1.69. The van der Waals surface area contributed by atoms with Crippen LogP contribution in [0.25, 0.3) is 0 Å². The summed E-state index contributed by atoms with van der Waals surface area (Å²) in [5.74, 6) is 0.456. The zero-order valence-electron chi connectivity index (χ0n) is 6.73. The lowest BCUT2D eigenvalue weighted by molar-refractivity contribution is -0.117. The van der Waals surface area contributed by atoms with Crippen molar-refractivity contribution in [3.05, 3.63) is 18.0 Å². The van der Waals surface area contributed by atoms with Gasteiger partial charge in [-0.05, 0) is 12.5 Å². The maximum absolute atomic E-state index is 10.4. The van der Waals surface area contributed by atoms with Gasteiger partial charge in [0.25, 0.3) is 0 Å². The van der Waals surface area contributed by atoms with Gasteiger partial charge < -0.3 is 4.90 Å². The molecule has 0 saturated carbocycles. The Balaban J connectivity index is 2.04. The average Bonchev–Trinajstić information content (AvgIpc) is 2.75. The standard InChI is InChI=1S/C8H11N3O/c12-6-11-4-2-7(5-11)8-1-3-9-10-8/h1,3,6-7H,2,4-5H2,(H,9,10). The highest BCUT2D eigenvalue weighted by Gasteiger charge is 2.23. The van der Waals surface area contributed by atoms with Gasteiger partial charge in [-0.15, -0.1) is 0 Å². The molecule has 0 radical (unpaired) electrons. The second-order valence-electron chi connectivity index (χ2n) is 3.10. The molecular formula is C8H11N3O. The first-order chi connectivity index (χ1) is 5.90. The Morgan fingerprint density at radius 3 is 3.25 bits per heavy atom. The summed E-state index contributed by atoms with van der Waals surface area (Å²) in [5, 5.41) is 6.82. The fraction of sp³-hybridized carbons (Fsp3) is 0.500. The van der Waals surface area contributed by atoms with Gasteiger partial charge in [0.2, 0.25) is 6.41 Å². The SMILES string of the molecule is O=CN1CCC(c2ccn[nH]2)C1. The van der Waals surface area contributed by atoms with E-state index in [0.29, 0.717) is 5.92 Å². The molecule has 1 aromatic rings. The summed E-state index contributed by atoms with van der Waals surface area (Å²) >= 11 is 0. The number of carbonyl (C=O) groups is 1. The van der Waals surface area contributed by atoms with E-state index in [1.807, 2.05) is 6.07 Å². The number of amides is 1. The van der Waals surface area contributed by atoms with E-state index in [-0.39, 0.29) is 0 Å². The topological polar surface area (TPSA) is 49.0 Å². The molecule has 4 nitrogen and oxygen atoms in total. The van der Waals surface area contributed by atoms with Crippen molar-refractivity contribution in [3.63, 3.8) is 0 Å². The predicted molar refractivity (Wildman–Crippen MR) is 43.6 cm³/mol. The van der Waals surface area contributed by atoms with Crippen LogP contribution in [0.1, 0.15) is 18.0 Å². The van der Waals surface area contributed by atoms with Gasteiger partial charge in [-0.2, -0.15) is 5.10 Å². The Morgan fingerprint density at radius 1 is 1.75 bits per heavy atom. The third kappa shape index (κ3) is 1.20. The first-order valence-electron chi connectivity index (χ1n) is 4.09. The van der Waals surface area contributed by atoms with Crippen molar-refractivity contribution in [1.29, 1.82) is 0 Å². The Hall–Kier alpha value is -1.32. The van der Waals surface area contributed by atoms with E-state index in [4.69, 9.17) is 0 Å². The smallest absolute Gasteiger partial charge is 0.209 e. The molecule has 4 heteroatoms. The minimum absolute atomic E-state index is 0.456. The van der Waals surface area contributed by atoms with Gasteiger partial charge >= 0.3 is 0 Å². The van der Waals surface area contributed by atoms with E-state index >= 15 is 0 Å². The van der Waals surface area contributed by atoms with Crippen molar-refractivity contribution in [1.82, 2.24) is 15.1 Å². The second-order valence-corrected chi connectivity index (χ2v) is 3.10. The molecule has 1 amide bonds. The number of nitrogens with zero attached hydrogens (tertiary/aromatic N) is 2. The summed E-state index contributed by atoms with van der Waals surface area (Å²) in [7, 11) is 0. The Bertz CT molecular complexity index is 257. The monoisotopic (exact) mass is 165 g/mol. The van der Waals surface area contributed by atoms with Gasteiger partial charge in [-0.1, -0.05) is 0 Å². The van der Waals surface area contributed by atoms with Gasteiger partial charge in [0, 0.05) is 30.9 Å². The second kappa shape index (κ2) is 2.97. The molecule has 1 unspecified atom stereocenters. The first kappa shape index (κ1) is 7.34. The lowest BCUT2D eigenvalue weighted by atomic mass is 10.1. The van der Waals surface area contributed by atoms with E-state index in [1.165, 1.54) is 0 Å². The maximum atomic E-state index is 10.4. The highest BCUT2D eigenvalue weighted by molar-refractivity contribution is 5.48. The summed E-state index contributed by atoms with van der Waals surface area (Å²) in [5.41, 5.74) is 1.14. The van der Waals surface area contributed by atoms with Crippen LogP contribution in [-0.4, -0.2) is 34.6 Å². The molecule has 2 heterocycles. The van der Waals surface area contributed by atoms with E-state index in [2.05, 4.69) is 10.2 Å². The largest absolute Gasteiger partial charge is 0.345 e. The van der Waals surface area contributed by atoms with Crippen LogP contribution in [-0.2, 0) is 4.79 Å². The zero-order valence-corrected chi connectivity index (χ0v) is 6.73. The average molecular weight is 165 g/mol. The van der Waals surface area contributed by atoms with Crippen LogP contribution in [0.15, 0.2) is 12.3 Å². The molecule has 64 valence electrons. The van der Waals surface area contributed by atoms with Crippen molar-refractivity contribution in [2.24, 2.45) is 0 Å². The molecule has 12 heavy (non-hydrogen) atoms. The molecule has 0 aromatic carbocycles. The number of rotatable bonds is 2. The molecule has 1 N–H and O–H groups in total. The lowest BCUT2D eigenvalue weighted by Crippen LogP contribution is -2.17. The molecule has 1 aliphatic heterocycles. The van der Waals surface area contributed by atoms with Gasteiger partial charge in [0.1, 0.15) is 0 Å². The lowest BCUT2D eigenvalue weighted by Gasteiger charge is -2.07. The van der Waals surface area contributed by atoms with Crippen molar-refractivity contribution < 1.29 is 4.79 Å². The molecular weight excluding hydrogens is 154 g/mol. The molecule has 0 aliphatic carbocycles. The summed E-state index contributed by atoms with van der Waals surface area (Å²) in [6, 6.07) is 1.97. The minimum Gasteiger partial charge on any atom is -0.345 e. The van der Waals surface area contributed by atoms with Gasteiger partial charge in [-0.25, -0.2) is 0 Å². The third-order valence-electron chi connectivity index (χ3n) is 2.33. The Labute approximate surface area is 70.6 Å². The number of hydrogen-bond acceptors (Lipinski definition) is 2. The summed E-state index contributed by atoms with van der Waals surface area (Å²) in [6.07, 6.45) is 3.70. The minimum atomic E-state index is 0.456. The van der Waals surface area contributed by atoms with Crippen LogP contribution < -0.4 is 0 Å². The molecule has 0 bridgehead atoms. The van der Waals surface area contributed by atoms with Crippen LogP contribution in [0.5, 0.6) is 0 Å². The maximum Gasteiger partial charge on any atom is 0.209 e. The normalized spacial score (nSPS) is 23.0. The fourth-order valence-corrected chi connectivity index (χ4v) is 1.63. The zero-order chi connectivity index (χ0) is 8.39. The highest BCUT2D eigenvalue weighted by atomic mass is 16.1. The number of aromatic nitrogens is 2. The van der Waals surface area contributed by atoms with Crippen molar-refractivity contribution in [2.75, 3.05) is 13.1 Å². The molecule has 1 fully saturated rings. The third-order valence-corrected chi connectivity index (χ3v) is 2.33. The van der Waals surface area contributed by atoms with Crippen LogP contribution in [0.3, 0.4) is 0 Å². The number of carbonyl (C=O) groups excluding carboxylic acids is 1.